The fraction of sp³-hybridized carbons (Fsp3) is 0.667. The molecule has 4 atom stereocenters. The van der Waals surface area contributed by atoms with Gasteiger partial charge >= 0.3 is 0 Å². The maximum atomic E-state index is 13.4. The van der Waals surface area contributed by atoms with Gasteiger partial charge in [0, 0.05) is 17.5 Å². The van der Waals surface area contributed by atoms with Crippen molar-refractivity contribution in [2.45, 2.75) is 59.8 Å². The molecule has 2 fully saturated rings. The highest BCUT2D eigenvalue weighted by atomic mass is 16.3. The Morgan fingerprint density at radius 3 is 2.29 bits per heavy atom. The topological polar surface area (TPSA) is 57.5 Å². The average molecular weight is 330 g/mol. The van der Waals surface area contributed by atoms with Gasteiger partial charge in [0.2, 0.25) is 0 Å². The third-order valence-electron chi connectivity index (χ3n) is 6.94. The van der Waals surface area contributed by atoms with Crippen molar-refractivity contribution < 1.29 is 15.0 Å². The van der Waals surface area contributed by atoms with Crippen molar-refractivity contribution in [3.8, 4) is 11.5 Å². The second-order valence-corrected chi connectivity index (χ2v) is 9.04. The van der Waals surface area contributed by atoms with Crippen LogP contribution in [0.5, 0.6) is 11.5 Å². The Labute approximate surface area is 145 Å². The van der Waals surface area contributed by atoms with Gasteiger partial charge in [-0.2, -0.15) is 0 Å². The van der Waals surface area contributed by atoms with E-state index < -0.39 is 0 Å². The van der Waals surface area contributed by atoms with Crippen LogP contribution < -0.4 is 0 Å². The molecule has 2 aliphatic rings. The van der Waals surface area contributed by atoms with E-state index in [4.69, 9.17) is 0 Å². The number of hydrogen-bond donors (Lipinski definition) is 2. The van der Waals surface area contributed by atoms with E-state index in [0.29, 0.717) is 17.4 Å². The molecule has 0 aromatic heterocycles. The zero-order chi connectivity index (χ0) is 17.7. The number of carbonyl (C=O) groups excluding carboxylic acids is 1. The molecule has 3 rings (SSSR count). The zero-order valence-electron chi connectivity index (χ0n) is 15.3. The summed E-state index contributed by atoms with van der Waals surface area (Å²) in [6.07, 6.45) is 5.76. The number of rotatable bonds is 2. The minimum absolute atomic E-state index is 0.00240. The molecule has 0 saturated heterocycles. The summed E-state index contributed by atoms with van der Waals surface area (Å²) in [6.45, 7) is 9.20. The van der Waals surface area contributed by atoms with Crippen LogP contribution in [-0.4, -0.2) is 16.0 Å². The van der Waals surface area contributed by atoms with Gasteiger partial charge in [-0.1, -0.05) is 34.1 Å². The number of carbonyl (C=O) groups is 1. The van der Waals surface area contributed by atoms with Crippen LogP contribution in [0.2, 0.25) is 0 Å². The van der Waals surface area contributed by atoms with Crippen molar-refractivity contribution in [1.29, 1.82) is 0 Å². The summed E-state index contributed by atoms with van der Waals surface area (Å²) in [5, 5.41) is 19.5. The standard InChI is InChI=1S/C21H30O3/c1-13-6-7-17-20(2,3)8-5-9-21(17,4)18(13)19(24)14-10-15(22)12-16(23)11-14/h10-13,17-18,22-23H,5-9H2,1-4H3/t13-,17-,18+,21-/m0/s1. The first kappa shape index (κ1) is 17.3. The van der Waals surface area contributed by atoms with Gasteiger partial charge in [-0.15, -0.1) is 0 Å². The highest BCUT2D eigenvalue weighted by Gasteiger charge is 2.55. The van der Waals surface area contributed by atoms with E-state index >= 15 is 0 Å². The molecule has 132 valence electrons. The van der Waals surface area contributed by atoms with Crippen LogP contribution in [-0.2, 0) is 0 Å². The van der Waals surface area contributed by atoms with E-state index in [-0.39, 0.29) is 34.0 Å². The molecule has 1 aromatic carbocycles. The Kier molecular flexibility index (Phi) is 4.17. The number of aromatic hydroxyl groups is 2. The molecule has 2 N–H and O–H groups in total. The van der Waals surface area contributed by atoms with Crippen molar-refractivity contribution in [1.82, 2.24) is 0 Å². The summed E-state index contributed by atoms with van der Waals surface area (Å²) in [6, 6.07) is 4.26. The largest absolute Gasteiger partial charge is 0.508 e. The molecule has 0 aliphatic heterocycles. The Morgan fingerprint density at radius 1 is 1.04 bits per heavy atom. The van der Waals surface area contributed by atoms with Crippen molar-refractivity contribution in [3.63, 3.8) is 0 Å². The van der Waals surface area contributed by atoms with Gasteiger partial charge in [0.15, 0.2) is 5.78 Å². The smallest absolute Gasteiger partial charge is 0.167 e. The van der Waals surface area contributed by atoms with Gasteiger partial charge in [0.05, 0.1) is 0 Å². The van der Waals surface area contributed by atoms with E-state index in [1.165, 1.54) is 37.5 Å². The van der Waals surface area contributed by atoms with E-state index in [2.05, 4.69) is 27.7 Å². The van der Waals surface area contributed by atoms with E-state index in [9.17, 15) is 15.0 Å². The first-order chi connectivity index (χ1) is 11.1. The summed E-state index contributed by atoms with van der Waals surface area (Å²) in [7, 11) is 0. The lowest BCUT2D eigenvalue weighted by Crippen LogP contribution is -2.53. The molecule has 0 heterocycles. The molecule has 0 bridgehead atoms. The van der Waals surface area contributed by atoms with Gasteiger partial charge in [0.25, 0.3) is 0 Å². The first-order valence-corrected chi connectivity index (χ1v) is 9.22. The van der Waals surface area contributed by atoms with E-state index in [1.807, 2.05) is 0 Å². The Balaban J connectivity index is 2.02. The van der Waals surface area contributed by atoms with Gasteiger partial charge in [-0.25, -0.2) is 0 Å². The normalized spacial score (nSPS) is 35.2. The minimum Gasteiger partial charge on any atom is -0.508 e. The minimum atomic E-state index is -0.0486. The SMILES string of the molecule is C[C@H]1CC[C@H]2C(C)(C)CCC[C@]2(C)[C@H]1C(=O)c1cc(O)cc(O)c1. The van der Waals surface area contributed by atoms with Crippen molar-refractivity contribution in [3.05, 3.63) is 23.8 Å². The third kappa shape index (κ3) is 2.72. The molecule has 0 spiro atoms. The van der Waals surface area contributed by atoms with Gasteiger partial charge in [0.1, 0.15) is 11.5 Å². The monoisotopic (exact) mass is 330 g/mol. The summed E-state index contributed by atoms with van der Waals surface area (Å²) >= 11 is 0. The molecule has 3 nitrogen and oxygen atoms in total. The molecule has 2 aliphatic carbocycles. The predicted molar refractivity (Wildman–Crippen MR) is 95.2 cm³/mol. The van der Waals surface area contributed by atoms with E-state index in [0.717, 1.165) is 12.8 Å². The highest BCUT2D eigenvalue weighted by Crippen LogP contribution is 2.61. The van der Waals surface area contributed by atoms with Crippen LogP contribution in [0, 0.1) is 28.6 Å². The fourth-order valence-electron chi connectivity index (χ4n) is 5.98. The number of fused-ring (bicyclic) bond motifs is 1. The molecule has 3 heteroatoms. The summed E-state index contributed by atoms with van der Waals surface area (Å²) in [5.74, 6) is 0.822. The van der Waals surface area contributed by atoms with Crippen LogP contribution in [0.3, 0.4) is 0 Å². The fourth-order valence-corrected chi connectivity index (χ4v) is 5.98. The van der Waals surface area contributed by atoms with Gasteiger partial charge in [-0.05, 0) is 60.5 Å². The Hall–Kier alpha value is -1.51. The number of phenolic OH excluding ortho intramolecular Hbond substituents is 2. The van der Waals surface area contributed by atoms with Gasteiger partial charge < -0.3 is 10.2 Å². The number of Topliss-reactive ketones (excluding diaryl/α,β-unsaturated/α-hetero) is 1. The van der Waals surface area contributed by atoms with E-state index in [1.54, 1.807) is 0 Å². The summed E-state index contributed by atoms with van der Waals surface area (Å²) in [4.78, 5) is 13.4. The van der Waals surface area contributed by atoms with Crippen LogP contribution in [0.25, 0.3) is 0 Å². The molecular weight excluding hydrogens is 300 g/mol. The van der Waals surface area contributed by atoms with Crippen LogP contribution in [0.4, 0.5) is 0 Å². The number of benzene rings is 1. The zero-order valence-corrected chi connectivity index (χ0v) is 15.3. The van der Waals surface area contributed by atoms with Crippen LogP contribution >= 0.6 is 0 Å². The molecule has 0 amide bonds. The number of hydrogen-bond acceptors (Lipinski definition) is 3. The lowest BCUT2D eigenvalue weighted by Gasteiger charge is -2.58. The Morgan fingerprint density at radius 2 is 1.67 bits per heavy atom. The van der Waals surface area contributed by atoms with Crippen molar-refractivity contribution >= 4 is 5.78 Å². The maximum absolute atomic E-state index is 13.4. The predicted octanol–water partition coefficient (Wildman–Crippen LogP) is 5.16. The number of phenols is 2. The average Bonchev–Trinajstić information content (AvgIpc) is 2.44. The van der Waals surface area contributed by atoms with Crippen LogP contribution in [0.1, 0.15) is 70.2 Å². The van der Waals surface area contributed by atoms with Gasteiger partial charge in [-0.3, -0.25) is 4.79 Å². The quantitative estimate of drug-likeness (QED) is 0.736. The Bertz CT molecular complexity index is 628. The second kappa shape index (κ2) is 5.79. The third-order valence-corrected chi connectivity index (χ3v) is 6.94. The summed E-state index contributed by atoms with van der Waals surface area (Å²) < 4.78 is 0. The lowest BCUT2D eigenvalue weighted by molar-refractivity contribution is -0.0796. The molecular formula is C21H30O3. The van der Waals surface area contributed by atoms with Crippen molar-refractivity contribution in [2.75, 3.05) is 0 Å². The highest BCUT2D eigenvalue weighted by molar-refractivity contribution is 5.99. The molecule has 0 radical (unpaired) electrons. The molecule has 1 aromatic rings. The van der Waals surface area contributed by atoms with Crippen molar-refractivity contribution in [2.24, 2.45) is 28.6 Å². The second-order valence-electron chi connectivity index (χ2n) is 9.04. The number of ketones is 1. The summed E-state index contributed by atoms with van der Waals surface area (Å²) in [5.41, 5.74) is 0.708. The lowest BCUT2D eigenvalue weighted by atomic mass is 9.46. The molecule has 2 saturated carbocycles. The maximum Gasteiger partial charge on any atom is 0.167 e. The molecule has 24 heavy (non-hydrogen) atoms. The first-order valence-electron chi connectivity index (χ1n) is 9.22. The van der Waals surface area contributed by atoms with Crippen LogP contribution in [0.15, 0.2) is 18.2 Å². The molecule has 0 unspecified atom stereocenters.